The third-order valence-electron chi connectivity index (χ3n) is 12.1. The Kier molecular flexibility index (Phi) is 4.83. The maximum Gasteiger partial charge on any atom is 0.148 e. The van der Waals surface area contributed by atoms with Crippen LogP contribution in [0.25, 0.3) is 0 Å². The first-order valence-corrected chi connectivity index (χ1v) is 13.6. The molecule has 0 aromatic rings. The number of aliphatic hydroxyl groups is 2. The molecule has 4 saturated carbocycles. The molecule has 0 bridgehead atoms. The number of quaternary nitrogens is 1. The van der Waals surface area contributed by atoms with Crippen molar-refractivity contribution in [2.75, 3.05) is 13.1 Å². The number of aliphatic hydroxyl groups excluding tert-OH is 1. The van der Waals surface area contributed by atoms with E-state index in [2.05, 4.69) is 13.8 Å². The first-order chi connectivity index (χ1) is 15.0. The summed E-state index contributed by atoms with van der Waals surface area (Å²) in [4.78, 5) is 13.3. The molecule has 5 nitrogen and oxygen atoms in total. The summed E-state index contributed by atoms with van der Waals surface area (Å²) in [6, 6.07) is -0.0523. The molecule has 0 spiro atoms. The van der Waals surface area contributed by atoms with Gasteiger partial charge in [0, 0.05) is 36.5 Å². The second-order valence-electron chi connectivity index (χ2n) is 13.6. The minimum absolute atomic E-state index is 0.0247. The van der Waals surface area contributed by atoms with Crippen LogP contribution >= 0.6 is 0 Å². The predicted octanol–water partition coefficient (Wildman–Crippen LogP) is 3.79. The Bertz CT molecular complexity index is 794. The highest BCUT2D eigenvalue weighted by Crippen LogP contribution is 2.67. The van der Waals surface area contributed by atoms with E-state index in [1.54, 1.807) is 0 Å². The third-order valence-corrected chi connectivity index (χ3v) is 12.1. The van der Waals surface area contributed by atoms with Crippen LogP contribution in [0.1, 0.15) is 78.6 Å². The van der Waals surface area contributed by atoms with Crippen molar-refractivity contribution in [1.82, 2.24) is 0 Å². The van der Waals surface area contributed by atoms with Crippen molar-refractivity contribution in [2.24, 2.45) is 52.8 Å². The molecule has 0 unspecified atom stereocenters. The molecule has 0 aromatic carbocycles. The van der Waals surface area contributed by atoms with E-state index < -0.39 is 5.60 Å². The highest BCUT2D eigenvalue weighted by atomic mass is 16.6. The van der Waals surface area contributed by atoms with Gasteiger partial charge in [0.2, 0.25) is 0 Å². The number of ketones is 1. The van der Waals surface area contributed by atoms with E-state index in [1.807, 2.05) is 6.92 Å². The number of piperidine rings is 2. The first-order valence-electron chi connectivity index (χ1n) is 13.6. The molecule has 0 amide bonds. The summed E-state index contributed by atoms with van der Waals surface area (Å²) in [6.45, 7) is 8.19. The molecule has 180 valence electrons. The Morgan fingerprint density at radius 3 is 2.47 bits per heavy atom. The van der Waals surface area contributed by atoms with Gasteiger partial charge in [0.15, 0.2) is 0 Å². The quantitative estimate of drug-likeness (QED) is 0.495. The van der Waals surface area contributed by atoms with E-state index in [-0.39, 0.29) is 34.0 Å². The zero-order chi connectivity index (χ0) is 22.6. The van der Waals surface area contributed by atoms with Gasteiger partial charge in [0.1, 0.15) is 30.5 Å². The summed E-state index contributed by atoms with van der Waals surface area (Å²) in [7, 11) is 0. The standard InChI is InChI=1S/C27H44NO4/c1-15-4-7-25-27(3,31)21-6-5-17-18(20(21)14-28(25,32)13-15)11-22-19(17)12-24(30)23-10-16(29)8-9-26(22,23)2/h15-23,25,29,31-32H,4-14H2,1-3H3/q+1/t15-,16-,17-,18-,19+,20+,21-,22+,23-,25+,26-,27-,28+/m1/s1. The lowest BCUT2D eigenvalue weighted by molar-refractivity contribution is -1.14. The highest BCUT2D eigenvalue weighted by molar-refractivity contribution is 5.83. The minimum atomic E-state index is -0.812. The largest absolute Gasteiger partial charge is 0.393 e. The molecule has 2 aliphatic heterocycles. The van der Waals surface area contributed by atoms with Crippen LogP contribution in [0.4, 0.5) is 0 Å². The molecule has 2 saturated heterocycles. The number of hydrogen-bond acceptors (Lipinski definition) is 4. The Morgan fingerprint density at radius 1 is 0.906 bits per heavy atom. The molecular formula is C27H44NO4+. The van der Waals surface area contributed by atoms with Crippen LogP contribution in [0.15, 0.2) is 0 Å². The summed E-state index contributed by atoms with van der Waals surface area (Å²) >= 11 is 0. The van der Waals surface area contributed by atoms with Gasteiger partial charge < -0.3 is 10.2 Å². The molecule has 4 aliphatic carbocycles. The lowest BCUT2D eigenvalue weighted by atomic mass is 9.51. The van der Waals surface area contributed by atoms with Gasteiger partial charge in [-0.15, -0.1) is 0 Å². The summed E-state index contributed by atoms with van der Waals surface area (Å²) in [5, 5.41) is 34.0. The van der Waals surface area contributed by atoms with Crippen molar-refractivity contribution in [3.05, 3.63) is 0 Å². The summed E-state index contributed by atoms with van der Waals surface area (Å²) in [5.41, 5.74) is -0.787. The van der Waals surface area contributed by atoms with Gasteiger partial charge in [-0.05, 0) is 81.0 Å². The average molecular weight is 447 g/mol. The molecule has 32 heavy (non-hydrogen) atoms. The van der Waals surface area contributed by atoms with Crippen molar-refractivity contribution in [2.45, 2.75) is 96.3 Å². The summed E-state index contributed by atoms with van der Waals surface area (Å²) in [6.07, 6.45) is 8.19. The normalized spacial score (nSPS) is 61.8. The number of carbonyl (C=O) groups is 1. The van der Waals surface area contributed by atoms with Gasteiger partial charge in [-0.3, -0.25) is 4.79 Å². The van der Waals surface area contributed by atoms with Crippen molar-refractivity contribution in [3.8, 4) is 0 Å². The van der Waals surface area contributed by atoms with Crippen LogP contribution < -0.4 is 0 Å². The van der Waals surface area contributed by atoms with E-state index in [9.17, 15) is 20.2 Å². The maximum atomic E-state index is 13.3. The SMILES string of the molecule is C[C@@H]1CC[C@H]2[C@](C)(O)[C@@H]3CC[C@@H]4[C@@H](C[C@H]5[C@H]4CC(=O)[C@H]4C[C@H](O)CC[C@@]45C)[C@@H]3C[N@@+]2(O)C1. The van der Waals surface area contributed by atoms with E-state index in [1.165, 1.54) is 0 Å². The number of hydroxylamine groups is 3. The average Bonchev–Trinajstić information content (AvgIpc) is 3.08. The number of Topliss-reactive ketones (excluding diaryl/α,β-unsaturated/α-hetero) is 1. The van der Waals surface area contributed by atoms with Crippen molar-refractivity contribution in [3.63, 3.8) is 0 Å². The van der Waals surface area contributed by atoms with E-state index in [0.717, 1.165) is 58.0 Å². The van der Waals surface area contributed by atoms with Crippen LogP contribution in [0.2, 0.25) is 0 Å². The van der Waals surface area contributed by atoms with Crippen molar-refractivity contribution < 1.29 is 24.9 Å². The van der Waals surface area contributed by atoms with Crippen LogP contribution in [-0.4, -0.2) is 56.7 Å². The molecule has 13 atom stereocenters. The minimum Gasteiger partial charge on any atom is -0.393 e. The zero-order valence-corrected chi connectivity index (χ0v) is 20.2. The maximum absolute atomic E-state index is 13.3. The number of rotatable bonds is 0. The molecule has 0 radical (unpaired) electrons. The number of carbonyl (C=O) groups excluding carboxylic acids is 1. The van der Waals surface area contributed by atoms with E-state index in [4.69, 9.17) is 0 Å². The topological polar surface area (TPSA) is 77.8 Å². The lowest BCUT2D eigenvalue weighted by Crippen LogP contribution is -2.74. The molecule has 6 fully saturated rings. The fourth-order valence-corrected chi connectivity index (χ4v) is 10.8. The van der Waals surface area contributed by atoms with Crippen molar-refractivity contribution in [1.29, 1.82) is 0 Å². The van der Waals surface area contributed by atoms with Crippen LogP contribution in [-0.2, 0) is 4.79 Å². The Balaban J connectivity index is 1.33. The number of hydrogen-bond donors (Lipinski definition) is 3. The monoisotopic (exact) mass is 446 g/mol. The zero-order valence-electron chi connectivity index (χ0n) is 20.2. The highest BCUT2D eigenvalue weighted by Gasteiger charge is 2.68. The fourth-order valence-electron chi connectivity index (χ4n) is 10.8. The molecule has 6 rings (SSSR count). The molecule has 2 heterocycles. The Morgan fingerprint density at radius 2 is 1.69 bits per heavy atom. The van der Waals surface area contributed by atoms with Crippen LogP contribution in [0.5, 0.6) is 0 Å². The molecule has 5 heteroatoms. The second kappa shape index (κ2) is 7.02. The van der Waals surface area contributed by atoms with Gasteiger partial charge >= 0.3 is 0 Å². The van der Waals surface area contributed by atoms with Crippen LogP contribution in [0.3, 0.4) is 0 Å². The molecule has 6 aliphatic rings. The Labute approximate surface area is 193 Å². The summed E-state index contributed by atoms with van der Waals surface area (Å²) in [5.74, 6) is 3.67. The van der Waals surface area contributed by atoms with E-state index >= 15 is 0 Å². The fraction of sp³-hybridized carbons (Fsp3) is 0.963. The second-order valence-corrected chi connectivity index (χ2v) is 13.6. The predicted molar refractivity (Wildman–Crippen MR) is 120 cm³/mol. The van der Waals surface area contributed by atoms with Gasteiger partial charge in [0.25, 0.3) is 0 Å². The van der Waals surface area contributed by atoms with Gasteiger partial charge in [0.05, 0.1) is 6.10 Å². The summed E-state index contributed by atoms with van der Waals surface area (Å²) < 4.78 is 0.0684. The molecular weight excluding hydrogens is 402 g/mol. The van der Waals surface area contributed by atoms with E-state index in [0.29, 0.717) is 54.1 Å². The van der Waals surface area contributed by atoms with Gasteiger partial charge in [-0.2, -0.15) is 4.65 Å². The smallest absolute Gasteiger partial charge is 0.148 e. The molecule has 0 aromatic heterocycles. The third kappa shape index (κ3) is 2.86. The Hall–Kier alpha value is -0.490. The lowest BCUT2D eigenvalue weighted by Gasteiger charge is -2.60. The van der Waals surface area contributed by atoms with Crippen molar-refractivity contribution >= 4 is 5.78 Å². The van der Waals surface area contributed by atoms with Crippen LogP contribution in [0, 0.1) is 52.8 Å². The number of nitrogens with zero attached hydrogens (tertiary/aromatic N) is 1. The molecule has 3 N–H and O–H groups in total. The number of fused-ring (bicyclic) bond motifs is 8. The van der Waals surface area contributed by atoms with Gasteiger partial charge in [-0.25, -0.2) is 5.21 Å². The van der Waals surface area contributed by atoms with Gasteiger partial charge in [-0.1, -0.05) is 13.8 Å². The first kappa shape index (κ1) is 22.0.